The summed E-state index contributed by atoms with van der Waals surface area (Å²) in [5.41, 5.74) is 8.64. The Morgan fingerprint density at radius 3 is 3.15 bits per heavy atom. The SMILES string of the molecule is CC(N)Cc1cccc2ocnc12. The zero-order valence-electron chi connectivity index (χ0n) is 7.53. The van der Waals surface area contributed by atoms with E-state index in [2.05, 4.69) is 4.98 Å². The van der Waals surface area contributed by atoms with E-state index in [9.17, 15) is 0 Å². The Labute approximate surface area is 76.6 Å². The summed E-state index contributed by atoms with van der Waals surface area (Å²) in [6.07, 6.45) is 2.30. The van der Waals surface area contributed by atoms with Crippen LogP contribution in [0.15, 0.2) is 29.0 Å². The summed E-state index contributed by atoms with van der Waals surface area (Å²) in [7, 11) is 0. The maximum absolute atomic E-state index is 5.73. The molecule has 0 aliphatic rings. The molecule has 68 valence electrons. The second kappa shape index (κ2) is 3.18. The van der Waals surface area contributed by atoms with Crippen molar-refractivity contribution >= 4 is 11.1 Å². The van der Waals surface area contributed by atoms with Gasteiger partial charge in [0.25, 0.3) is 0 Å². The second-order valence-electron chi connectivity index (χ2n) is 3.30. The maximum atomic E-state index is 5.73. The summed E-state index contributed by atoms with van der Waals surface area (Å²) in [6, 6.07) is 6.06. The van der Waals surface area contributed by atoms with Crippen molar-refractivity contribution in [3.05, 3.63) is 30.2 Å². The summed E-state index contributed by atoms with van der Waals surface area (Å²) < 4.78 is 5.19. The van der Waals surface area contributed by atoms with E-state index in [1.54, 1.807) is 0 Å². The van der Waals surface area contributed by atoms with Crippen LogP contribution >= 0.6 is 0 Å². The van der Waals surface area contributed by atoms with Crippen molar-refractivity contribution in [3.63, 3.8) is 0 Å². The summed E-state index contributed by atoms with van der Waals surface area (Å²) in [5.74, 6) is 0. The first-order valence-electron chi connectivity index (χ1n) is 4.34. The average Bonchev–Trinajstić information content (AvgIpc) is 2.51. The fourth-order valence-corrected chi connectivity index (χ4v) is 1.46. The van der Waals surface area contributed by atoms with Crippen LogP contribution in [-0.4, -0.2) is 11.0 Å². The Bertz CT molecular complexity index is 406. The van der Waals surface area contributed by atoms with Gasteiger partial charge in [-0.25, -0.2) is 4.98 Å². The van der Waals surface area contributed by atoms with Crippen LogP contribution in [0, 0.1) is 0 Å². The van der Waals surface area contributed by atoms with Gasteiger partial charge in [0.15, 0.2) is 12.0 Å². The van der Waals surface area contributed by atoms with Gasteiger partial charge in [-0.15, -0.1) is 0 Å². The van der Waals surface area contributed by atoms with E-state index in [0.717, 1.165) is 23.1 Å². The predicted molar refractivity (Wildman–Crippen MR) is 51.4 cm³/mol. The molecule has 0 fully saturated rings. The molecule has 0 bridgehead atoms. The molecule has 0 saturated heterocycles. The molecule has 1 atom stereocenters. The number of aromatic nitrogens is 1. The number of fused-ring (bicyclic) bond motifs is 1. The molecule has 13 heavy (non-hydrogen) atoms. The highest BCUT2D eigenvalue weighted by molar-refractivity contribution is 5.76. The largest absolute Gasteiger partial charge is 0.443 e. The fourth-order valence-electron chi connectivity index (χ4n) is 1.46. The first-order valence-corrected chi connectivity index (χ1v) is 4.34. The Kier molecular flexibility index (Phi) is 2.02. The zero-order chi connectivity index (χ0) is 9.26. The van der Waals surface area contributed by atoms with Crippen LogP contribution in [0.4, 0.5) is 0 Å². The predicted octanol–water partition coefficient (Wildman–Crippen LogP) is 1.72. The lowest BCUT2D eigenvalue weighted by Crippen LogP contribution is -2.17. The van der Waals surface area contributed by atoms with Gasteiger partial charge < -0.3 is 10.2 Å². The quantitative estimate of drug-likeness (QED) is 0.757. The van der Waals surface area contributed by atoms with Crippen molar-refractivity contribution in [1.29, 1.82) is 0 Å². The molecule has 1 heterocycles. The molecular formula is C10H12N2O. The van der Waals surface area contributed by atoms with Gasteiger partial charge in [0.2, 0.25) is 0 Å². The van der Waals surface area contributed by atoms with Gasteiger partial charge in [-0.05, 0) is 25.0 Å². The van der Waals surface area contributed by atoms with E-state index in [1.165, 1.54) is 6.39 Å². The van der Waals surface area contributed by atoms with Crippen molar-refractivity contribution in [2.45, 2.75) is 19.4 Å². The minimum absolute atomic E-state index is 0.155. The van der Waals surface area contributed by atoms with Crippen LogP contribution in [0.5, 0.6) is 0 Å². The lowest BCUT2D eigenvalue weighted by molar-refractivity contribution is 0.602. The van der Waals surface area contributed by atoms with Crippen molar-refractivity contribution < 1.29 is 4.42 Å². The molecule has 0 spiro atoms. The number of nitrogens with zero attached hydrogens (tertiary/aromatic N) is 1. The first kappa shape index (κ1) is 8.26. The lowest BCUT2D eigenvalue weighted by Gasteiger charge is -2.04. The lowest BCUT2D eigenvalue weighted by atomic mass is 10.1. The molecule has 0 amide bonds. The molecule has 3 nitrogen and oxygen atoms in total. The van der Waals surface area contributed by atoms with Crippen LogP contribution in [-0.2, 0) is 6.42 Å². The molecule has 3 heteroatoms. The maximum Gasteiger partial charge on any atom is 0.181 e. The third kappa shape index (κ3) is 1.55. The minimum atomic E-state index is 0.155. The molecule has 2 aromatic rings. The third-order valence-corrected chi connectivity index (χ3v) is 1.99. The monoisotopic (exact) mass is 176 g/mol. The average molecular weight is 176 g/mol. The molecule has 2 rings (SSSR count). The van der Waals surface area contributed by atoms with E-state index in [1.807, 2.05) is 25.1 Å². The highest BCUT2D eigenvalue weighted by Crippen LogP contribution is 2.17. The van der Waals surface area contributed by atoms with Gasteiger partial charge in [0, 0.05) is 6.04 Å². The number of oxazole rings is 1. The number of hydrogen-bond donors (Lipinski definition) is 1. The highest BCUT2D eigenvalue weighted by Gasteiger charge is 2.05. The minimum Gasteiger partial charge on any atom is -0.443 e. The number of para-hydroxylation sites is 1. The number of rotatable bonds is 2. The Balaban J connectivity index is 2.48. The summed E-state index contributed by atoms with van der Waals surface area (Å²) in [5, 5.41) is 0. The van der Waals surface area contributed by atoms with Crippen molar-refractivity contribution in [1.82, 2.24) is 4.98 Å². The van der Waals surface area contributed by atoms with Gasteiger partial charge in [-0.1, -0.05) is 12.1 Å². The Morgan fingerprint density at radius 2 is 2.38 bits per heavy atom. The number of nitrogens with two attached hydrogens (primary N) is 1. The van der Waals surface area contributed by atoms with Crippen molar-refractivity contribution in [2.24, 2.45) is 5.73 Å². The molecule has 1 unspecified atom stereocenters. The van der Waals surface area contributed by atoms with Gasteiger partial charge in [0.05, 0.1) is 0 Å². The first-order chi connectivity index (χ1) is 6.27. The Morgan fingerprint density at radius 1 is 1.54 bits per heavy atom. The summed E-state index contributed by atoms with van der Waals surface area (Å²) >= 11 is 0. The molecule has 0 aliphatic heterocycles. The van der Waals surface area contributed by atoms with Crippen LogP contribution in [0.25, 0.3) is 11.1 Å². The van der Waals surface area contributed by atoms with Crippen molar-refractivity contribution in [3.8, 4) is 0 Å². The van der Waals surface area contributed by atoms with E-state index in [-0.39, 0.29) is 6.04 Å². The topological polar surface area (TPSA) is 52.0 Å². The normalized spacial score (nSPS) is 13.4. The summed E-state index contributed by atoms with van der Waals surface area (Å²) in [6.45, 7) is 1.99. The van der Waals surface area contributed by atoms with Crippen LogP contribution in [0.2, 0.25) is 0 Å². The molecule has 0 saturated carbocycles. The smallest absolute Gasteiger partial charge is 0.181 e. The van der Waals surface area contributed by atoms with E-state index in [0.29, 0.717) is 0 Å². The molecule has 0 aliphatic carbocycles. The molecule has 1 aromatic heterocycles. The van der Waals surface area contributed by atoms with Crippen LogP contribution in [0.1, 0.15) is 12.5 Å². The van der Waals surface area contributed by atoms with E-state index in [4.69, 9.17) is 10.2 Å². The number of benzene rings is 1. The standard InChI is InChI=1S/C10H12N2O/c1-7(11)5-8-3-2-4-9-10(8)12-6-13-9/h2-4,6-7H,5,11H2,1H3. The van der Waals surface area contributed by atoms with Gasteiger partial charge in [-0.3, -0.25) is 0 Å². The van der Waals surface area contributed by atoms with Gasteiger partial charge in [0.1, 0.15) is 5.52 Å². The van der Waals surface area contributed by atoms with Crippen molar-refractivity contribution in [2.75, 3.05) is 0 Å². The van der Waals surface area contributed by atoms with Gasteiger partial charge in [-0.2, -0.15) is 0 Å². The Hall–Kier alpha value is -1.35. The molecule has 2 N–H and O–H groups in total. The molecule has 0 radical (unpaired) electrons. The fraction of sp³-hybridized carbons (Fsp3) is 0.300. The zero-order valence-corrected chi connectivity index (χ0v) is 7.53. The van der Waals surface area contributed by atoms with Gasteiger partial charge >= 0.3 is 0 Å². The second-order valence-corrected chi connectivity index (χ2v) is 3.30. The molecular weight excluding hydrogens is 164 g/mol. The van der Waals surface area contributed by atoms with E-state index >= 15 is 0 Å². The summed E-state index contributed by atoms with van der Waals surface area (Å²) in [4.78, 5) is 4.15. The molecule has 1 aromatic carbocycles. The highest BCUT2D eigenvalue weighted by atomic mass is 16.3. The third-order valence-electron chi connectivity index (χ3n) is 1.99. The van der Waals surface area contributed by atoms with Crippen LogP contribution < -0.4 is 5.73 Å². The van der Waals surface area contributed by atoms with Crippen LogP contribution in [0.3, 0.4) is 0 Å². The number of hydrogen-bond acceptors (Lipinski definition) is 3. The van der Waals surface area contributed by atoms with E-state index < -0.39 is 0 Å².